The van der Waals surface area contributed by atoms with Gasteiger partial charge in [-0.3, -0.25) is 14.4 Å². The zero-order valence-corrected chi connectivity index (χ0v) is 19.6. The molecular formula is C21H32N4O7S. The predicted octanol–water partition coefficient (Wildman–Crippen LogP) is -1.23. The fourth-order valence-corrected chi connectivity index (χ4v) is 3.02. The van der Waals surface area contributed by atoms with Crippen LogP contribution in [0.4, 0.5) is 0 Å². The van der Waals surface area contributed by atoms with Crippen molar-refractivity contribution in [2.45, 2.75) is 57.5 Å². The van der Waals surface area contributed by atoms with Crippen LogP contribution < -0.4 is 21.7 Å². The highest BCUT2D eigenvalue weighted by molar-refractivity contribution is 7.80. The van der Waals surface area contributed by atoms with E-state index in [1.165, 1.54) is 19.1 Å². The van der Waals surface area contributed by atoms with Crippen LogP contribution in [0, 0.1) is 5.92 Å². The molecule has 5 atom stereocenters. The third kappa shape index (κ3) is 8.91. The molecule has 1 rings (SSSR count). The highest BCUT2D eigenvalue weighted by atomic mass is 32.1. The highest BCUT2D eigenvalue weighted by Gasteiger charge is 2.33. The first kappa shape index (κ1) is 28.2. The van der Waals surface area contributed by atoms with Crippen LogP contribution in [-0.4, -0.2) is 75.0 Å². The van der Waals surface area contributed by atoms with Gasteiger partial charge in [-0.05, 0) is 30.5 Å². The maximum atomic E-state index is 12.9. The van der Waals surface area contributed by atoms with Crippen LogP contribution in [0.5, 0.6) is 5.75 Å². The predicted molar refractivity (Wildman–Crippen MR) is 124 cm³/mol. The van der Waals surface area contributed by atoms with Crippen molar-refractivity contribution in [3.05, 3.63) is 29.8 Å². The Hall–Kier alpha value is -2.83. The lowest BCUT2D eigenvalue weighted by molar-refractivity contribution is -0.143. The van der Waals surface area contributed by atoms with E-state index in [-0.39, 0.29) is 17.9 Å². The molecule has 0 heterocycles. The Labute approximate surface area is 197 Å². The van der Waals surface area contributed by atoms with Crippen molar-refractivity contribution in [1.82, 2.24) is 16.0 Å². The van der Waals surface area contributed by atoms with Crippen LogP contribution in [0.25, 0.3) is 0 Å². The first-order valence-corrected chi connectivity index (χ1v) is 11.0. The second-order valence-electron chi connectivity index (χ2n) is 8.02. The van der Waals surface area contributed by atoms with Gasteiger partial charge in [-0.1, -0.05) is 26.0 Å². The van der Waals surface area contributed by atoms with E-state index in [0.717, 1.165) is 0 Å². The summed E-state index contributed by atoms with van der Waals surface area (Å²) in [6.45, 7) is 4.53. The van der Waals surface area contributed by atoms with E-state index < -0.39 is 59.9 Å². The maximum Gasteiger partial charge on any atom is 0.326 e. The minimum atomic E-state index is -1.42. The number of nitrogens with two attached hydrogens (primary N) is 1. The summed E-state index contributed by atoms with van der Waals surface area (Å²) in [6.07, 6.45) is -1.36. The number of carboxylic acids is 1. The number of aliphatic hydroxyl groups excluding tert-OH is 1. The monoisotopic (exact) mass is 484 g/mol. The van der Waals surface area contributed by atoms with Gasteiger partial charge in [0.05, 0.1) is 12.1 Å². The molecule has 0 aliphatic heterocycles. The molecule has 0 aliphatic rings. The zero-order valence-electron chi connectivity index (χ0n) is 18.7. The van der Waals surface area contributed by atoms with E-state index >= 15 is 0 Å². The summed E-state index contributed by atoms with van der Waals surface area (Å²) < 4.78 is 0. The van der Waals surface area contributed by atoms with E-state index in [9.17, 15) is 34.5 Å². The molecule has 0 fully saturated rings. The maximum absolute atomic E-state index is 12.9. The molecule has 0 saturated heterocycles. The lowest BCUT2D eigenvalue weighted by Crippen LogP contribution is -2.60. The molecule has 0 saturated carbocycles. The molecule has 33 heavy (non-hydrogen) atoms. The van der Waals surface area contributed by atoms with Gasteiger partial charge in [0, 0.05) is 12.2 Å². The molecule has 11 nitrogen and oxygen atoms in total. The summed E-state index contributed by atoms with van der Waals surface area (Å²) in [5.41, 5.74) is 6.17. The van der Waals surface area contributed by atoms with Gasteiger partial charge < -0.3 is 37.0 Å². The number of carbonyl (C=O) groups is 4. The molecule has 0 radical (unpaired) electrons. The Morgan fingerprint density at radius 3 is 1.94 bits per heavy atom. The van der Waals surface area contributed by atoms with Gasteiger partial charge in [-0.25, -0.2) is 4.79 Å². The van der Waals surface area contributed by atoms with Crippen molar-refractivity contribution >= 4 is 36.3 Å². The molecule has 8 N–H and O–H groups in total. The molecular weight excluding hydrogens is 452 g/mol. The first-order chi connectivity index (χ1) is 15.4. The van der Waals surface area contributed by atoms with Gasteiger partial charge in [0.1, 0.15) is 23.9 Å². The number of phenols is 1. The number of hydrogen-bond donors (Lipinski definition) is 8. The average molecular weight is 485 g/mol. The van der Waals surface area contributed by atoms with Gasteiger partial charge in [-0.15, -0.1) is 0 Å². The van der Waals surface area contributed by atoms with E-state index in [2.05, 4.69) is 28.6 Å². The first-order valence-electron chi connectivity index (χ1n) is 10.3. The minimum absolute atomic E-state index is 0.00643. The van der Waals surface area contributed by atoms with Gasteiger partial charge >= 0.3 is 5.97 Å². The molecule has 0 spiro atoms. The number of carbonyl (C=O) groups excluding carboxylic acids is 3. The van der Waals surface area contributed by atoms with Gasteiger partial charge in [0.2, 0.25) is 17.7 Å². The fourth-order valence-electron chi connectivity index (χ4n) is 2.85. The summed E-state index contributed by atoms with van der Waals surface area (Å²) in [5.74, 6) is -3.98. The summed E-state index contributed by atoms with van der Waals surface area (Å²) in [7, 11) is 0. The molecule has 0 aliphatic carbocycles. The van der Waals surface area contributed by atoms with Gasteiger partial charge in [0.15, 0.2) is 0 Å². The summed E-state index contributed by atoms with van der Waals surface area (Å²) >= 11 is 3.92. The van der Waals surface area contributed by atoms with Crippen LogP contribution >= 0.6 is 12.6 Å². The zero-order chi connectivity index (χ0) is 25.3. The molecule has 184 valence electrons. The molecule has 3 amide bonds. The SMILES string of the molecule is CC(C)C(NC(=O)C(Cc1ccc(O)cc1)NC(=O)C(NC(=O)C(N)CS)C(C)O)C(=O)O. The van der Waals surface area contributed by atoms with Gasteiger partial charge in [0.25, 0.3) is 0 Å². The van der Waals surface area contributed by atoms with Gasteiger partial charge in [-0.2, -0.15) is 12.6 Å². The Bertz CT molecular complexity index is 832. The molecule has 1 aromatic rings. The number of amides is 3. The molecule has 0 aromatic heterocycles. The van der Waals surface area contributed by atoms with E-state index in [4.69, 9.17) is 5.73 Å². The number of benzene rings is 1. The topological polar surface area (TPSA) is 191 Å². The lowest BCUT2D eigenvalue weighted by atomic mass is 10.0. The number of rotatable bonds is 12. The molecule has 0 bridgehead atoms. The number of hydrogen-bond acceptors (Lipinski definition) is 8. The van der Waals surface area contributed by atoms with Crippen molar-refractivity contribution in [2.75, 3.05) is 5.75 Å². The fraction of sp³-hybridized carbons (Fsp3) is 0.524. The molecule has 5 unspecified atom stereocenters. The third-order valence-corrected chi connectivity index (χ3v) is 5.23. The van der Waals surface area contributed by atoms with E-state index in [1.807, 2.05) is 0 Å². The molecule has 1 aromatic carbocycles. The number of carboxylic acid groups (broad SMARTS) is 1. The van der Waals surface area contributed by atoms with Crippen molar-refractivity contribution in [3.63, 3.8) is 0 Å². The largest absolute Gasteiger partial charge is 0.508 e. The Kier molecular flexibility index (Phi) is 11.1. The number of nitrogens with one attached hydrogen (secondary N) is 3. The summed E-state index contributed by atoms with van der Waals surface area (Å²) in [4.78, 5) is 49.4. The number of aromatic hydroxyl groups is 1. The number of aliphatic hydroxyl groups is 1. The Morgan fingerprint density at radius 1 is 0.939 bits per heavy atom. The van der Waals surface area contributed by atoms with Crippen molar-refractivity contribution in [1.29, 1.82) is 0 Å². The van der Waals surface area contributed by atoms with Crippen molar-refractivity contribution in [2.24, 2.45) is 11.7 Å². The average Bonchev–Trinajstić information content (AvgIpc) is 2.74. The highest BCUT2D eigenvalue weighted by Crippen LogP contribution is 2.12. The van der Waals surface area contributed by atoms with Crippen LogP contribution in [-0.2, 0) is 25.6 Å². The van der Waals surface area contributed by atoms with Crippen LogP contribution in [0.1, 0.15) is 26.3 Å². The second-order valence-corrected chi connectivity index (χ2v) is 8.38. The second kappa shape index (κ2) is 13.0. The number of thiol groups is 1. The lowest BCUT2D eigenvalue weighted by Gasteiger charge is -2.27. The Morgan fingerprint density at radius 2 is 1.48 bits per heavy atom. The number of phenolic OH excluding ortho intramolecular Hbond substituents is 1. The molecule has 12 heteroatoms. The number of aliphatic carboxylic acids is 1. The third-order valence-electron chi connectivity index (χ3n) is 4.84. The van der Waals surface area contributed by atoms with E-state index in [1.54, 1.807) is 26.0 Å². The quantitative estimate of drug-likeness (QED) is 0.169. The summed E-state index contributed by atoms with van der Waals surface area (Å²) in [5, 5.41) is 36.1. The van der Waals surface area contributed by atoms with Crippen LogP contribution in [0.15, 0.2) is 24.3 Å². The van der Waals surface area contributed by atoms with Crippen molar-refractivity contribution in [3.8, 4) is 5.75 Å². The summed E-state index contributed by atoms with van der Waals surface area (Å²) in [6, 6.07) is 1.02. The van der Waals surface area contributed by atoms with Crippen LogP contribution in [0.3, 0.4) is 0 Å². The normalized spacial score (nSPS) is 15.6. The standard InChI is InChI=1S/C21H32N4O7S/c1-10(2)16(21(31)32)24-19(29)15(8-12-4-6-13(27)7-5-12)23-20(30)17(11(3)26)25-18(28)14(22)9-33/h4-7,10-11,14-17,26-27,33H,8-9,22H2,1-3H3,(H,23,30)(H,24,29)(H,25,28)(H,31,32). The Balaban J connectivity index is 3.13. The smallest absolute Gasteiger partial charge is 0.326 e. The van der Waals surface area contributed by atoms with Crippen molar-refractivity contribution < 1.29 is 34.5 Å². The van der Waals surface area contributed by atoms with Crippen LogP contribution in [0.2, 0.25) is 0 Å². The van der Waals surface area contributed by atoms with E-state index in [0.29, 0.717) is 5.56 Å². The minimum Gasteiger partial charge on any atom is -0.508 e.